The number of hydrogen-bond donors (Lipinski definition) is 0. The van der Waals surface area contributed by atoms with E-state index in [1.807, 2.05) is 36.2 Å². The molecule has 1 aromatic carbocycles. The highest BCUT2D eigenvalue weighted by Gasteiger charge is 2.28. The maximum absolute atomic E-state index is 12.8. The van der Waals surface area contributed by atoms with Gasteiger partial charge in [-0.15, -0.1) is 0 Å². The van der Waals surface area contributed by atoms with Gasteiger partial charge in [-0.3, -0.25) is 19.3 Å². The molecule has 3 amide bonds. The van der Waals surface area contributed by atoms with Gasteiger partial charge >= 0.3 is 0 Å². The van der Waals surface area contributed by atoms with E-state index in [1.165, 1.54) is 37.0 Å². The number of nitrogens with zero attached hydrogens (tertiary/aromatic N) is 2. The maximum atomic E-state index is 12.8. The van der Waals surface area contributed by atoms with Crippen molar-refractivity contribution in [1.29, 1.82) is 0 Å². The molecule has 5 nitrogen and oxygen atoms in total. The number of carbonyl (C=O) groups is 3. The molecule has 26 heavy (non-hydrogen) atoms. The predicted molar refractivity (Wildman–Crippen MR) is 99.4 cm³/mol. The van der Waals surface area contributed by atoms with Gasteiger partial charge < -0.3 is 4.90 Å². The molecular formula is C21H28N2O3. The van der Waals surface area contributed by atoms with Crippen LogP contribution in [-0.2, 0) is 16.1 Å². The highest BCUT2D eigenvalue weighted by molar-refractivity contribution is 6.01. The van der Waals surface area contributed by atoms with E-state index < -0.39 is 0 Å². The standard InChI is InChI=1S/C21H28N2O3/c1-22(18-7-5-3-2-4-6-8-18)21(26)17-11-9-16(10-12-17)15-23-19(24)13-14-20(23)25/h9-12,18H,2-8,13-15H2,1H3. The molecule has 0 bridgehead atoms. The van der Waals surface area contributed by atoms with E-state index in [1.54, 1.807) is 0 Å². The normalized spacial score (nSPS) is 19.3. The summed E-state index contributed by atoms with van der Waals surface area (Å²) < 4.78 is 0. The molecule has 1 saturated carbocycles. The lowest BCUT2D eigenvalue weighted by Crippen LogP contribution is -2.37. The van der Waals surface area contributed by atoms with E-state index in [9.17, 15) is 14.4 Å². The van der Waals surface area contributed by atoms with Gasteiger partial charge in [-0.1, -0.05) is 44.2 Å². The molecule has 1 heterocycles. The monoisotopic (exact) mass is 356 g/mol. The number of hydrogen-bond acceptors (Lipinski definition) is 3. The zero-order chi connectivity index (χ0) is 18.5. The second-order valence-electron chi connectivity index (χ2n) is 7.49. The first kappa shape index (κ1) is 18.6. The van der Waals surface area contributed by atoms with Gasteiger partial charge in [0, 0.05) is 31.5 Å². The summed E-state index contributed by atoms with van der Waals surface area (Å²) in [6.45, 7) is 0.296. The first-order chi connectivity index (χ1) is 12.6. The molecule has 3 rings (SSSR count). The molecule has 2 aliphatic rings. The summed E-state index contributed by atoms with van der Waals surface area (Å²) in [4.78, 5) is 39.5. The molecular weight excluding hydrogens is 328 g/mol. The van der Waals surface area contributed by atoms with Gasteiger partial charge in [-0.25, -0.2) is 0 Å². The fraction of sp³-hybridized carbons (Fsp3) is 0.571. The fourth-order valence-corrected chi connectivity index (χ4v) is 3.93. The Labute approximate surface area is 155 Å². The van der Waals surface area contributed by atoms with Crippen molar-refractivity contribution in [3.05, 3.63) is 35.4 Å². The van der Waals surface area contributed by atoms with Crippen LogP contribution in [0.25, 0.3) is 0 Å². The minimum absolute atomic E-state index is 0.0513. The van der Waals surface area contributed by atoms with E-state index in [0.717, 1.165) is 18.4 Å². The molecule has 1 aliphatic heterocycles. The van der Waals surface area contributed by atoms with Crippen molar-refractivity contribution < 1.29 is 14.4 Å². The third-order valence-electron chi connectivity index (χ3n) is 5.64. The molecule has 0 atom stereocenters. The van der Waals surface area contributed by atoms with E-state index in [-0.39, 0.29) is 17.7 Å². The lowest BCUT2D eigenvalue weighted by atomic mass is 9.95. The Hall–Kier alpha value is -2.17. The Morgan fingerprint density at radius 1 is 0.962 bits per heavy atom. The van der Waals surface area contributed by atoms with Crippen molar-refractivity contribution in [3.63, 3.8) is 0 Å². The van der Waals surface area contributed by atoms with Crippen LogP contribution >= 0.6 is 0 Å². The first-order valence-electron chi connectivity index (χ1n) is 9.75. The molecule has 5 heteroatoms. The number of likely N-dealkylation sites (tertiary alicyclic amines) is 1. The van der Waals surface area contributed by atoms with Crippen LogP contribution < -0.4 is 0 Å². The Bertz CT molecular complexity index is 644. The molecule has 0 unspecified atom stereocenters. The molecule has 1 saturated heterocycles. The summed E-state index contributed by atoms with van der Waals surface area (Å²) in [6.07, 6.45) is 9.01. The number of rotatable bonds is 4. The van der Waals surface area contributed by atoms with Crippen LogP contribution in [-0.4, -0.2) is 40.6 Å². The van der Waals surface area contributed by atoms with Crippen LogP contribution in [0.1, 0.15) is 73.7 Å². The van der Waals surface area contributed by atoms with E-state index in [2.05, 4.69) is 0 Å². The average molecular weight is 356 g/mol. The van der Waals surface area contributed by atoms with Crippen molar-refractivity contribution in [2.75, 3.05) is 7.05 Å². The van der Waals surface area contributed by atoms with Crippen LogP contribution in [0.3, 0.4) is 0 Å². The smallest absolute Gasteiger partial charge is 0.253 e. The largest absolute Gasteiger partial charge is 0.339 e. The topological polar surface area (TPSA) is 57.7 Å². The van der Waals surface area contributed by atoms with E-state index in [0.29, 0.717) is 31.0 Å². The summed E-state index contributed by atoms with van der Waals surface area (Å²) in [5, 5.41) is 0. The Morgan fingerprint density at radius 3 is 2.08 bits per heavy atom. The number of carbonyl (C=O) groups excluding carboxylic acids is 3. The maximum Gasteiger partial charge on any atom is 0.253 e. The highest BCUT2D eigenvalue weighted by Crippen LogP contribution is 2.22. The van der Waals surface area contributed by atoms with Crippen molar-refractivity contribution in [1.82, 2.24) is 9.80 Å². The van der Waals surface area contributed by atoms with Crippen molar-refractivity contribution in [2.24, 2.45) is 0 Å². The lowest BCUT2D eigenvalue weighted by molar-refractivity contribution is -0.139. The molecule has 2 fully saturated rings. The summed E-state index contributed by atoms with van der Waals surface area (Å²) in [5.74, 6) is -0.172. The fourth-order valence-electron chi connectivity index (χ4n) is 3.93. The molecule has 0 N–H and O–H groups in total. The van der Waals surface area contributed by atoms with Gasteiger partial charge in [-0.2, -0.15) is 0 Å². The Morgan fingerprint density at radius 2 is 1.50 bits per heavy atom. The minimum Gasteiger partial charge on any atom is -0.339 e. The molecule has 0 radical (unpaired) electrons. The van der Waals surface area contributed by atoms with Gasteiger partial charge in [0.25, 0.3) is 5.91 Å². The predicted octanol–water partition coefficient (Wildman–Crippen LogP) is 3.52. The molecule has 0 aromatic heterocycles. The second-order valence-corrected chi connectivity index (χ2v) is 7.49. The lowest BCUT2D eigenvalue weighted by Gasteiger charge is -2.30. The molecule has 1 aromatic rings. The van der Waals surface area contributed by atoms with Gasteiger partial charge in [0.1, 0.15) is 0 Å². The number of imide groups is 1. The Balaban J connectivity index is 1.62. The van der Waals surface area contributed by atoms with Gasteiger partial charge in [0.2, 0.25) is 11.8 Å². The Kier molecular flexibility index (Phi) is 6.07. The molecule has 0 spiro atoms. The zero-order valence-electron chi connectivity index (χ0n) is 15.6. The third-order valence-corrected chi connectivity index (χ3v) is 5.64. The summed E-state index contributed by atoms with van der Waals surface area (Å²) >= 11 is 0. The average Bonchev–Trinajstić information content (AvgIpc) is 2.93. The van der Waals surface area contributed by atoms with Crippen LogP contribution in [0, 0.1) is 0 Å². The highest BCUT2D eigenvalue weighted by atomic mass is 16.2. The molecule has 140 valence electrons. The third kappa shape index (κ3) is 4.32. The minimum atomic E-state index is -0.112. The summed E-state index contributed by atoms with van der Waals surface area (Å²) in [7, 11) is 1.91. The van der Waals surface area contributed by atoms with Crippen molar-refractivity contribution in [2.45, 2.75) is 70.4 Å². The van der Waals surface area contributed by atoms with Crippen LogP contribution in [0.15, 0.2) is 24.3 Å². The number of amides is 3. The zero-order valence-corrected chi connectivity index (χ0v) is 15.6. The van der Waals surface area contributed by atoms with Gasteiger partial charge in [0.15, 0.2) is 0 Å². The van der Waals surface area contributed by atoms with Crippen molar-refractivity contribution in [3.8, 4) is 0 Å². The van der Waals surface area contributed by atoms with Gasteiger partial charge in [0.05, 0.1) is 6.54 Å². The van der Waals surface area contributed by atoms with Gasteiger partial charge in [-0.05, 0) is 30.5 Å². The second kappa shape index (κ2) is 8.47. The van der Waals surface area contributed by atoms with E-state index in [4.69, 9.17) is 0 Å². The van der Waals surface area contributed by atoms with Crippen molar-refractivity contribution >= 4 is 17.7 Å². The van der Waals surface area contributed by atoms with E-state index >= 15 is 0 Å². The summed E-state index contributed by atoms with van der Waals surface area (Å²) in [5.41, 5.74) is 1.54. The van der Waals surface area contributed by atoms with Crippen LogP contribution in [0.4, 0.5) is 0 Å². The first-order valence-corrected chi connectivity index (χ1v) is 9.75. The van der Waals surface area contributed by atoms with Crippen LogP contribution in [0.5, 0.6) is 0 Å². The molecule has 1 aliphatic carbocycles. The quantitative estimate of drug-likeness (QED) is 0.776. The SMILES string of the molecule is CN(C(=O)c1ccc(CN2C(=O)CCC2=O)cc1)C1CCCCCCC1. The number of benzene rings is 1. The summed E-state index contributed by atoms with van der Waals surface area (Å²) in [6, 6.07) is 7.63. The van der Waals surface area contributed by atoms with Crippen LogP contribution in [0.2, 0.25) is 0 Å².